The van der Waals surface area contributed by atoms with Gasteiger partial charge in [0.1, 0.15) is 0 Å². The van der Waals surface area contributed by atoms with E-state index in [0.29, 0.717) is 23.5 Å². The van der Waals surface area contributed by atoms with Crippen LogP contribution in [0.4, 0.5) is 0 Å². The van der Waals surface area contributed by atoms with Crippen molar-refractivity contribution >= 4 is 10.0 Å². The molecule has 1 aromatic carbocycles. The molecule has 0 saturated heterocycles. The van der Waals surface area contributed by atoms with Crippen LogP contribution < -0.4 is 10.5 Å². The van der Waals surface area contributed by atoms with Gasteiger partial charge in [-0.3, -0.25) is 0 Å². The van der Waals surface area contributed by atoms with Gasteiger partial charge in [0.15, 0.2) is 0 Å². The standard InChI is InChI=1S/C14H21N3O2S/c1-10(2)6-13(9-16)17-20(18,19)14-5-4-12(8-15)7-11(14)3/h4-5,7,10,13,17H,6,9,16H2,1-3H3/t13-/m0/s1. The predicted molar refractivity (Wildman–Crippen MR) is 78.5 cm³/mol. The third kappa shape index (κ3) is 4.30. The van der Waals surface area contributed by atoms with Crippen molar-refractivity contribution in [3.63, 3.8) is 0 Å². The van der Waals surface area contributed by atoms with E-state index in [1.807, 2.05) is 19.9 Å². The number of hydrogen-bond donors (Lipinski definition) is 2. The molecule has 0 unspecified atom stereocenters. The number of benzene rings is 1. The minimum atomic E-state index is -3.61. The molecule has 1 atom stereocenters. The lowest BCUT2D eigenvalue weighted by Gasteiger charge is -2.19. The Hall–Kier alpha value is -1.42. The molecule has 1 aromatic rings. The Kier molecular flexibility index (Phi) is 5.69. The van der Waals surface area contributed by atoms with E-state index in [-0.39, 0.29) is 17.5 Å². The number of hydrogen-bond acceptors (Lipinski definition) is 4. The van der Waals surface area contributed by atoms with Crippen LogP contribution in [0.15, 0.2) is 23.1 Å². The Labute approximate surface area is 120 Å². The van der Waals surface area contributed by atoms with Crippen molar-refractivity contribution in [1.82, 2.24) is 4.72 Å². The fourth-order valence-electron chi connectivity index (χ4n) is 2.06. The zero-order chi connectivity index (χ0) is 15.3. The predicted octanol–water partition coefficient (Wildman–Crippen LogP) is 1.52. The molecular weight excluding hydrogens is 274 g/mol. The fraction of sp³-hybridized carbons (Fsp3) is 0.500. The van der Waals surface area contributed by atoms with Gasteiger partial charge in [0.2, 0.25) is 10.0 Å². The highest BCUT2D eigenvalue weighted by Crippen LogP contribution is 2.17. The summed E-state index contributed by atoms with van der Waals surface area (Å²) in [4.78, 5) is 0.193. The maximum Gasteiger partial charge on any atom is 0.241 e. The zero-order valence-corrected chi connectivity index (χ0v) is 12.9. The van der Waals surface area contributed by atoms with E-state index in [4.69, 9.17) is 11.0 Å². The molecule has 3 N–H and O–H groups in total. The third-order valence-corrected chi connectivity index (χ3v) is 4.64. The second-order valence-electron chi connectivity index (χ2n) is 5.28. The second-order valence-corrected chi connectivity index (χ2v) is 6.96. The van der Waals surface area contributed by atoms with Gasteiger partial charge in [-0.1, -0.05) is 13.8 Å². The number of sulfonamides is 1. The van der Waals surface area contributed by atoms with Crippen LogP contribution in [0.5, 0.6) is 0 Å². The summed E-state index contributed by atoms with van der Waals surface area (Å²) in [6.45, 7) is 5.97. The molecule has 0 bridgehead atoms. The molecule has 5 nitrogen and oxygen atoms in total. The van der Waals surface area contributed by atoms with Crippen molar-refractivity contribution in [2.24, 2.45) is 11.7 Å². The van der Waals surface area contributed by atoms with Crippen molar-refractivity contribution in [1.29, 1.82) is 5.26 Å². The Balaban J connectivity index is 3.02. The van der Waals surface area contributed by atoms with Crippen LogP contribution in [0.1, 0.15) is 31.4 Å². The first kappa shape index (κ1) is 16.6. The number of rotatable bonds is 6. The van der Waals surface area contributed by atoms with Crippen LogP contribution in [-0.4, -0.2) is 21.0 Å². The van der Waals surface area contributed by atoms with Crippen LogP contribution in [-0.2, 0) is 10.0 Å². The molecular formula is C14H21N3O2S. The van der Waals surface area contributed by atoms with E-state index in [1.165, 1.54) is 12.1 Å². The average molecular weight is 295 g/mol. The first-order chi connectivity index (χ1) is 9.30. The molecule has 1 rings (SSSR count). The highest BCUT2D eigenvalue weighted by atomic mass is 32.2. The first-order valence-electron chi connectivity index (χ1n) is 6.53. The maximum absolute atomic E-state index is 12.4. The van der Waals surface area contributed by atoms with Gasteiger partial charge in [0.25, 0.3) is 0 Å². The lowest BCUT2D eigenvalue weighted by molar-refractivity contribution is 0.465. The van der Waals surface area contributed by atoms with Crippen LogP contribution in [0.25, 0.3) is 0 Å². The minimum absolute atomic E-state index is 0.193. The molecule has 0 amide bonds. The Morgan fingerprint density at radius 3 is 2.50 bits per heavy atom. The third-order valence-electron chi connectivity index (χ3n) is 2.96. The molecule has 0 saturated carbocycles. The topological polar surface area (TPSA) is 96.0 Å². The van der Waals surface area contributed by atoms with Crippen molar-refractivity contribution in [2.45, 2.75) is 38.1 Å². The average Bonchev–Trinajstić information content (AvgIpc) is 2.36. The second kappa shape index (κ2) is 6.84. The Morgan fingerprint density at radius 2 is 2.05 bits per heavy atom. The molecule has 0 aliphatic carbocycles. The number of nitrogens with two attached hydrogens (primary N) is 1. The molecule has 0 aromatic heterocycles. The van der Waals surface area contributed by atoms with Gasteiger partial charge in [-0.05, 0) is 43.0 Å². The SMILES string of the molecule is Cc1cc(C#N)ccc1S(=O)(=O)N[C@H](CN)CC(C)C. The Bertz CT molecular complexity index is 603. The van der Waals surface area contributed by atoms with Crippen LogP contribution in [0.3, 0.4) is 0 Å². The molecule has 110 valence electrons. The minimum Gasteiger partial charge on any atom is -0.329 e. The van der Waals surface area contributed by atoms with Crippen LogP contribution in [0, 0.1) is 24.2 Å². The summed E-state index contributed by atoms with van der Waals surface area (Å²) >= 11 is 0. The van der Waals surface area contributed by atoms with E-state index in [1.54, 1.807) is 13.0 Å². The van der Waals surface area contributed by atoms with Gasteiger partial charge in [0.05, 0.1) is 16.5 Å². The summed E-state index contributed by atoms with van der Waals surface area (Å²) in [5.74, 6) is 0.355. The van der Waals surface area contributed by atoms with E-state index >= 15 is 0 Å². The Morgan fingerprint density at radius 1 is 1.40 bits per heavy atom. The number of nitrogens with zero attached hydrogens (tertiary/aromatic N) is 1. The lowest BCUT2D eigenvalue weighted by Crippen LogP contribution is -2.41. The van der Waals surface area contributed by atoms with E-state index in [2.05, 4.69) is 4.72 Å². The summed E-state index contributed by atoms with van der Waals surface area (Å²) in [6.07, 6.45) is 0.686. The van der Waals surface area contributed by atoms with Crippen molar-refractivity contribution < 1.29 is 8.42 Å². The normalized spacial score (nSPS) is 13.2. The molecule has 0 fully saturated rings. The number of nitriles is 1. The monoisotopic (exact) mass is 295 g/mol. The van der Waals surface area contributed by atoms with E-state index in [9.17, 15) is 8.42 Å². The van der Waals surface area contributed by atoms with Crippen molar-refractivity contribution in [2.75, 3.05) is 6.54 Å². The van der Waals surface area contributed by atoms with Crippen molar-refractivity contribution in [3.05, 3.63) is 29.3 Å². The highest BCUT2D eigenvalue weighted by molar-refractivity contribution is 7.89. The highest BCUT2D eigenvalue weighted by Gasteiger charge is 2.21. The number of aryl methyl sites for hydroxylation is 1. The van der Waals surface area contributed by atoms with E-state index < -0.39 is 10.0 Å². The van der Waals surface area contributed by atoms with E-state index in [0.717, 1.165) is 0 Å². The van der Waals surface area contributed by atoms with Gasteiger partial charge >= 0.3 is 0 Å². The molecule has 0 aliphatic heterocycles. The van der Waals surface area contributed by atoms with Crippen LogP contribution >= 0.6 is 0 Å². The van der Waals surface area contributed by atoms with Gasteiger partial charge in [-0.2, -0.15) is 5.26 Å². The molecule has 0 spiro atoms. The van der Waals surface area contributed by atoms with Gasteiger partial charge < -0.3 is 5.73 Å². The largest absolute Gasteiger partial charge is 0.329 e. The summed E-state index contributed by atoms with van der Waals surface area (Å²) < 4.78 is 27.3. The molecule has 20 heavy (non-hydrogen) atoms. The van der Waals surface area contributed by atoms with Crippen molar-refractivity contribution in [3.8, 4) is 6.07 Å². The quantitative estimate of drug-likeness (QED) is 0.831. The summed E-state index contributed by atoms with van der Waals surface area (Å²) in [5.41, 5.74) is 6.62. The fourth-order valence-corrected chi connectivity index (χ4v) is 3.55. The number of nitrogens with one attached hydrogen (secondary N) is 1. The van der Waals surface area contributed by atoms with Gasteiger partial charge in [-0.25, -0.2) is 13.1 Å². The summed E-state index contributed by atoms with van der Waals surface area (Å²) in [5, 5.41) is 8.81. The summed E-state index contributed by atoms with van der Waals surface area (Å²) in [7, 11) is -3.61. The summed E-state index contributed by atoms with van der Waals surface area (Å²) in [6, 6.07) is 6.23. The zero-order valence-electron chi connectivity index (χ0n) is 12.1. The van der Waals surface area contributed by atoms with Crippen LogP contribution in [0.2, 0.25) is 0 Å². The smallest absolute Gasteiger partial charge is 0.241 e. The first-order valence-corrected chi connectivity index (χ1v) is 8.01. The molecule has 6 heteroatoms. The molecule has 0 aliphatic rings. The lowest BCUT2D eigenvalue weighted by atomic mass is 10.1. The van der Waals surface area contributed by atoms with Gasteiger partial charge in [0, 0.05) is 12.6 Å². The maximum atomic E-state index is 12.4. The molecule has 0 radical (unpaired) electrons. The molecule has 0 heterocycles. The van der Waals surface area contributed by atoms with Gasteiger partial charge in [-0.15, -0.1) is 0 Å².